The zero-order chi connectivity index (χ0) is 36.6. The summed E-state index contributed by atoms with van der Waals surface area (Å²) in [6, 6.07) is 33.1. The number of aromatic nitrogens is 2. The van der Waals surface area contributed by atoms with E-state index in [1.807, 2.05) is 117 Å². The summed E-state index contributed by atoms with van der Waals surface area (Å²) in [5, 5.41) is 12.5. The molecule has 1 aliphatic heterocycles. The number of nitrogens with one attached hydrogen (secondary N) is 1. The molecule has 0 spiro atoms. The van der Waals surface area contributed by atoms with E-state index in [-0.39, 0.29) is 12.5 Å². The lowest BCUT2D eigenvalue weighted by Crippen LogP contribution is -2.61. The van der Waals surface area contributed by atoms with E-state index < -0.39 is 46.8 Å². The molecule has 0 amide bonds. The molecular weight excluding hydrogens is 660 g/mol. The van der Waals surface area contributed by atoms with Gasteiger partial charge in [0.15, 0.2) is 5.60 Å². The van der Waals surface area contributed by atoms with Gasteiger partial charge in [0.1, 0.15) is 35.2 Å². The molecule has 270 valence electrons. The third-order valence-electron chi connectivity index (χ3n) is 10.7. The summed E-state index contributed by atoms with van der Waals surface area (Å²) in [5.41, 5.74) is 0.156. The Hall–Kier alpha value is -5.16. The number of aromatic amines is 1. The molecule has 2 fully saturated rings. The van der Waals surface area contributed by atoms with E-state index in [4.69, 9.17) is 23.7 Å². The number of hydrogen-bond acceptors (Lipinski definition) is 8. The molecule has 1 aliphatic carbocycles. The molecule has 2 heterocycles. The van der Waals surface area contributed by atoms with Crippen molar-refractivity contribution >= 4 is 0 Å². The number of aliphatic hydroxyl groups is 1. The highest BCUT2D eigenvalue weighted by Crippen LogP contribution is 2.55. The topological polar surface area (TPSA) is 121 Å². The fourth-order valence-electron chi connectivity index (χ4n) is 7.86. The predicted octanol–water partition coefficient (Wildman–Crippen LogP) is 5.91. The highest BCUT2D eigenvalue weighted by Gasteiger charge is 2.66. The summed E-state index contributed by atoms with van der Waals surface area (Å²) >= 11 is 0. The SMILES string of the molecule is COc1ccc(C(OC[C@]23O[C@@H](n4cc(C)c(=O)[nH]c4=O)[C@H]([C@H](C)C[C@@H]2Oc2ccc(C)cc2)[C@@H]3O)(c2ccccc2)c2ccc(OC)cc2)cc1. The zero-order valence-electron chi connectivity index (χ0n) is 29.9. The molecule has 4 aromatic carbocycles. The quantitative estimate of drug-likeness (QED) is 0.163. The standard InChI is InChI=1S/C42H44N2O8/c1-26-11-17-34(18-12-26)51-35-23-27(2)36-37(45)41(35,52-39(36)44-24-28(3)38(46)43-40(44)47)25-50-42(29-9-7-6-8-10-29,30-13-19-32(48-4)20-14-30)31-15-21-33(49-5)22-16-31/h6-22,24,27,35-37,39,45H,23,25H2,1-5H3,(H,43,46,47)/t27-,35+,36-,37+,39-,41+/m1/s1. The van der Waals surface area contributed by atoms with Gasteiger partial charge < -0.3 is 28.8 Å². The predicted molar refractivity (Wildman–Crippen MR) is 196 cm³/mol. The number of ether oxygens (including phenoxy) is 5. The number of fused-ring (bicyclic) bond motifs is 2. The molecule has 10 nitrogen and oxygen atoms in total. The van der Waals surface area contributed by atoms with Gasteiger partial charge in [-0.3, -0.25) is 14.3 Å². The second kappa shape index (κ2) is 14.1. The summed E-state index contributed by atoms with van der Waals surface area (Å²) in [7, 11) is 3.25. The minimum absolute atomic E-state index is 0.131. The van der Waals surface area contributed by atoms with E-state index in [2.05, 4.69) is 4.98 Å². The largest absolute Gasteiger partial charge is 0.497 e. The van der Waals surface area contributed by atoms with Crippen LogP contribution in [0.15, 0.2) is 119 Å². The highest BCUT2D eigenvalue weighted by atomic mass is 16.6. The molecule has 2 aliphatic rings. The first-order chi connectivity index (χ1) is 25.1. The number of rotatable bonds is 11. The molecule has 6 atom stereocenters. The molecule has 1 saturated carbocycles. The molecule has 0 radical (unpaired) electrons. The van der Waals surface area contributed by atoms with Crippen molar-refractivity contribution in [2.24, 2.45) is 11.8 Å². The van der Waals surface area contributed by atoms with Crippen LogP contribution in [0.4, 0.5) is 0 Å². The Morgan fingerprint density at radius 1 is 0.827 bits per heavy atom. The van der Waals surface area contributed by atoms with Gasteiger partial charge in [-0.1, -0.05) is 79.2 Å². The van der Waals surface area contributed by atoms with Crippen LogP contribution in [0.5, 0.6) is 17.2 Å². The van der Waals surface area contributed by atoms with Crippen LogP contribution >= 0.6 is 0 Å². The molecule has 52 heavy (non-hydrogen) atoms. The van der Waals surface area contributed by atoms with Crippen LogP contribution in [0.2, 0.25) is 0 Å². The Kier molecular flexibility index (Phi) is 9.56. The Morgan fingerprint density at radius 3 is 1.96 bits per heavy atom. The van der Waals surface area contributed by atoms with Gasteiger partial charge in [0.25, 0.3) is 5.56 Å². The summed E-state index contributed by atoms with van der Waals surface area (Å²) in [6.45, 7) is 5.54. The Labute approximate surface area is 302 Å². The van der Waals surface area contributed by atoms with Crippen molar-refractivity contribution in [1.82, 2.24) is 9.55 Å². The maximum atomic E-state index is 13.3. The smallest absolute Gasteiger partial charge is 0.330 e. The van der Waals surface area contributed by atoms with Crippen molar-refractivity contribution in [3.05, 3.63) is 158 Å². The van der Waals surface area contributed by atoms with E-state index in [0.29, 0.717) is 29.2 Å². The molecular formula is C42H44N2O8. The van der Waals surface area contributed by atoms with Gasteiger partial charge in [-0.15, -0.1) is 0 Å². The van der Waals surface area contributed by atoms with Crippen LogP contribution in [-0.2, 0) is 15.1 Å². The maximum absolute atomic E-state index is 13.3. The monoisotopic (exact) mass is 704 g/mol. The van der Waals surface area contributed by atoms with Crippen molar-refractivity contribution in [2.75, 3.05) is 20.8 Å². The minimum Gasteiger partial charge on any atom is -0.497 e. The van der Waals surface area contributed by atoms with E-state index in [9.17, 15) is 14.7 Å². The summed E-state index contributed by atoms with van der Waals surface area (Å²) in [4.78, 5) is 28.1. The second-order valence-electron chi connectivity index (χ2n) is 13.9. The first kappa shape index (κ1) is 35.3. The number of benzene rings is 4. The van der Waals surface area contributed by atoms with Crippen LogP contribution in [0, 0.1) is 25.7 Å². The number of hydrogen-bond donors (Lipinski definition) is 2. The van der Waals surface area contributed by atoms with Crippen LogP contribution in [0.25, 0.3) is 0 Å². The van der Waals surface area contributed by atoms with Gasteiger partial charge in [0, 0.05) is 17.7 Å². The fourth-order valence-corrected chi connectivity index (χ4v) is 7.86. The fraction of sp³-hybridized carbons (Fsp3) is 0.333. The van der Waals surface area contributed by atoms with E-state index in [0.717, 1.165) is 22.3 Å². The van der Waals surface area contributed by atoms with E-state index in [1.165, 1.54) is 10.8 Å². The third-order valence-corrected chi connectivity index (χ3v) is 10.7. The van der Waals surface area contributed by atoms with Gasteiger partial charge in [-0.05, 0) is 79.3 Å². The molecule has 7 rings (SSSR count). The summed E-state index contributed by atoms with van der Waals surface area (Å²) in [6.07, 6.45) is -0.691. The first-order valence-corrected chi connectivity index (χ1v) is 17.5. The normalized spacial score (nSPS) is 24.0. The maximum Gasteiger partial charge on any atom is 0.330 e. The van der Waals surface area contributed by atoms with Crippen LogP contribution in [-0.4, -0.2) is 53.3 Å². The Balaban J connectivity index is 1.40. The third kappa shape index (κ3) is 6.10. The summed E-state index contributed by atoms with van der Waals surface area (Å²) in [5.74, 6) is 1.35. The minimum atomic E-state index is -1.45. The molecule has 5 aromatic rings. The van der Waals surface area contributed by atoms with Crippen LogP contribution in [0.3, 0.4) is 0 Å². The lowest BCUT2D eigenvalue weighted by atomic mass is 9.70. The average Bonchev–Trinajstić information content (AvgIpc) is 3.40. The van der Waals surface area contributed by atoms with Gasteiger partial charge in [0.2, 0.25) is 0 Å². The lowest BCUT2D eigenvalue weighted by Gasteiger charge is -2.46. The molecule has 2 N–H and O–H groups in total. The van der Waals surface area contributed by atoms with E-state index in [1.54, 1.807) is 21.1 Å². The van der Waals surface area contributed by atoms with Gasteiger partial charge >= 0.3 is 5.69 Å². The Bertz CT molecular complexity index is 2060. The summed E-state index contributed by atoms with van der Waals surface area (Å²) < 4.78 is 33.5. The Morgan fingerprint density at radius 2 is 1.38 bits per heavy atom. The van der Waals surface area contributed by atoms with Gasteiger partial charge in [-0.25, -0.2) is 4.79 Å². The van der Waals surface area contributed by atoms with Crippen molar-refractivity contribution in [2.45, 2.75) is 56.8 Å². The van der Waals surface area contributed by atoms with Crippen molar-refractivity contribution < 1.29 is 28.8 Å². The molecule has 10 heteroatoms. The highest BCUT2D eigenvalue weighted by molar-refractivity contribution is 5.50. The van der Waals surface area contributed by atoms with Gasteiger partial charge in [0.05, 0.1) is 26.9 Å². The van der Waals surface area contributed by atoms with Crippen molar-refractivity contribution in [3.8, 4) is 17.2 Å². The van der Waals surface area contributed by atoms with Gasteiger partial charge in [-0.2, -0.15) is 0 Å². The average molecular weight is 705 g/mol. The number of aliphatic hydroxyl groups excluding tert-OH is 1. The molecule has 1 aromatic heterocycles. The lowest BCUT2D eigenvalue weighted by molar-refractivity contribution is -0.204. The number of H-pyrrole nitrogens is 1. The van der Waals surface area contributed by atoms with Crippen molar-refractivity contribution in [3.63, 3.8) is 0 Å². The number of nitrogens with zero attached hydrogens (tertiary/aromatic N) is 1. The molecule has 1 saturated heterocycles. The van der Waals surface area contributed by atoms with Crippen LogP contribution in [0.1, 0.15) is 47.4 Å². The molecule has 2 bridgehead atoms. The first-order valence-electron chi connectivity index (χ1n) is 17.5. The number of methoxy groups -OCH3 is 2. The zero-order valence-corrected chi connectivity index (χ0v) is 29.9. The van der Waals surface area contributed by atoms with Crippen LogP contribution < -0.4 is 25.5 Å². The molecule has 0 unspecified atom stereocenters. The second-order valence-corrected chi connectivity index (χ2v) is 13.9. The number of aryl methyl sites for hydroxylation is 2. The van der Waals surface area contributed by atoms with Crippen molar-refractivity contribution in [1.29, 1.82) is 0 Å². The van der Waals surface area contributed by atoms with E-state index >= 15 is 0 Å².